The lowest BCUT2D eigenvalue weighted by Gasteiger charge is -2.15. The number of carbonyl (C=O) groups excluding carboxylic acids is 1. The van der Waals surface area contributed by atoms with E-state index in [1.807, 2.05) is 20.8 Å². The van der Waals surface area contributed by atoms with Gasteiger partial charge in [0, 0.05) is 24.5 Å². The summed E-state index contributed by atoms with van der Waals surface area (Å²) in [6.45, 7) is 7.24. The van der Waals surface area contributed by atoms with Crippen molar-refractivity contribution in [3.63, 3.8) is 0 Å². The zero-order valence-corrected chi connectivity index (χ0v) is 8.64. The molecule has 0 saturated carbocycles. The lowest BCUT2D eigenvalue weighted by molar-refractivity contribution is -0.125. The number of halogens is 1. The van der Waals surface area contributed by atoms with Gasteiger partial charge in [-0.3, -0.25) is 4.79 Å². The van der Waals surface area contributed by atoms with Gasteiger partial charge in [0.25, 0.3) is 0 Å². The molecular formula is C9H16ClNO. The molecule has 0 aromatic rings. The van der Waals surface area contributed by atoms with Gasteiger partial charge in [-0.25, -0.2) is 0 Å². The van der Waals surface area contributed by atoms with Crippen LogP contribution in [0.25, 0.3) is 0 Å². The Kier molecular flexibility index (Phi) is 5.81. The van der Waals surface area contributed by atoms with Crippen molar-refractivity contribution in [1.82, 2.24) is 4.90 Å². The molecule has 0 aromatic heterocycles. The molecular weight excluding hydrogens is 174 g/mol. The molecule has 2 nitrogen and oxygen atoms in total. The molecule has 0 aliphatic rings. The van der Waals surface area contributed by atoms with Gasteiger partial charge in [0.05, 0.1) is 0 Å². The Morgan fingerprint density at radius 3 is 2.33 bits per heavy atom. The van der Waals surface area contributed by atoms with E-state index < -0.39 is 0 Å². The van der Waals surface area contributed by atoms with Crippen LogP contribution in [-0.4, -0.2) is 29.3 Å². The maximum absolute atomic E-state index is 11.3. The van der Waals surface area contributed by atoms with Crippen LogP contribution in [0.3, 0.4) is 0 Å². The first-order chi connectivity index (χ1) is 5.61. The molecule has 1 unspecified atom stereocenters. The van der Waals surface area contributed by atoms with E-state index in [0.29, 0.717) is 0 Å². The van der Waals surface area contributed by atoms with Crippen LogP contribution < -0.4 is 0 Å². The number of alkyl halides is 1. The lowest BCUT2D eigenvalue weighted by Crippen LogP contribution is -2.28. The first kappa shape index (κ1) is 11.5. The lowest BCUT2D eigenvalue weighted by atomic mass is 10.3. The van der Waals surface area contributed by atoms with Crippen molar-refractivity contribution >= 4 is 17.5 Å². The van der Waals surface area contributed by atoms with Crippen molar-refractivity contribution in [3.8, 4) is 0 Å². The molecule has 0 aromatic carbocycles. The first-order valence-electron chi connectivity index (χ1n) is 4.23. The summed E-state index contributed by atoms with van der Waals surface area (Å²) in [6.07, 6.45) is 3.23. The van der Waals surface area contributed by atoms with Gasteiger partial charge in [-0.05, 0) is 20.8 Å². The van der Waals surface area contributed by atoms with Gasteiger partial charge in [0.2, 0.25) is 5.91 Å². The smallest absolute Gasteiger partial charge is 0.246 e. The second-order valence-electron chi connectivity index (χ2n) is 2.55. The highest BCUT2D eigenvalue weighted by atomic mass is 35.5. The summed E-state index contributed by atoms with van der Waals surface area (Å²) in [6, 6.07) is 0. The number of nitrogens with zero attached hydrogens (tertiary/aromatic N) is 1. The predicted molar refractivity (Wildman–Crippen MR) is 52.4 cm³/mol. The summed E-state index contributed by atoms with van der Waals surface area (Å²) in [4.78, 5) is 13.0. The first-order valence-corrected chi connectivity index (χ1v) is 4.66. The van der Waals surface area contributed by atoms with Crippen molar-refractivity contribution < 1.29 is 4.79 Å². The summed E-state index contributed by atoms with van der Waals surface area (Å²) in [5.41, 5.74) is 0. The van der Waals surface area contributed by atoms with E-state index in [2.05, 4.69) is 0 Å². The monoisotopic (exact) mass is 189 g/mol. The van der Waals surface area contributed by atoms with E-state index in [-0.39, 0.29) is 11.3 Å². The average Bonchev–Trinajstić information content (AvgIpc) is 2.03. The van der Waals surface area contributed by atoms with E-state index in [4.69, 9.17) is 11.6 Å². The summed E-state index contributed by atoms with van der Waals surface area (Å²) in [5.74, 6) is 0.0347. The van der Waals surface area contributed by atoms with Crippen LogP contribution in [0.15, 0.2) is 12.2 Å². The quantitative estimate of drug-likeness (QED) is 0.490. The SMILES string of the molecule is CCN(CC)C(=O)C=CC(C)Cl. The fourth-order valence-corrected chi connectivity index (χ4v) is 0.928. The molecule has 0 radical (unpaired) electrons. The fourth-order valence-electron chi connectivity index (χ4n) is 0.856. The third-order valence-electron chi connectivity index (χ3n) is 1.58. The van der Waals surface area contributed by atoms with Gasteiger partial charge in [-0.1, -0.05) is 6.08 Å². The van der Waals surface area contributed by atoms with Crippen LogP contribution in [0.2, 0.25) is 0 Å². The number of likely N-dealkylation sites (N-methyl/N-ethyl adjacent to an activating group) is 1. The average molecular weight is 190 g/mol. The molecule has 12 heavy (non-hydrogen) atoms. The Hall–Kier alpha value is -0.500. The van der Waals surface area contributed by atoms with Crippen LogP contribution in [0, 0.1) is 0 Å². The summed E-state index contributed by atoms with van der Waals surface area (Å²) in [7, 11) is 0. The van der Waals surface area contributed by atoms with Crippen molar-refractivity contribution in [1.29, 1.82) is 0 Å². The van der Waals surface area contributed by atoms with Gasteiger partial charge < -0.3 is 4.90 Å². The Labute approximate surface area is 79.2 Å². The number of amides is 1. The molecule has 0 spiro atoms. The standard InChI is InChI=1S/C9H16ClNO/c1-4-11(5-2)9(12)7-6-8(3)10/h6-8H,4-5H2,1-3H3. The van der Waals surface area contributed by atoms with Crippen LogP contribution in [-0.2, 0) is 4.79 Å². The van der Waals surface area contributed by atoms with Crippen molar-refractivity contribution in [3.05, 3.63) is 12.2 Å². The molecule has 3 heteroatoms. The van der Waals surface area contributed by atoms with Crippen LogP contribution in [0.4, 0.5) is 0 Å². The highest BCUT2D eigenvalue weighted by Crippen LogP contribution is 1.97. The number of hydrogen-bond acceptors (Lipinski definition) is 1. The number of carbonyl (C=O) groups is 1. The van der Waals surface area contributed by atoms with Crippen molar-refractivity contribution in [2.45, 2.75) is 26.1 Å². The molecule has 0 saturated heterocycles. The van der Waals surface area contributed by atoms with Gasteiger partial charge in [-0.15, -0.1) is 11.6 Å². The number of hydrogen-bond donors (Lipinski definition) is 0. The van der Waals surface area contributed by atoms with E-state index in [9.17, 15) is 4.79 Å². The van der Waals surface area contributed by atoms with Gasteiger partial charge in [-0.2, -0.15) is 0 Å². The van der Waals surface area contributed by atoms with Gasteiger partial charge >= 0.3 is 0 Å². The largest absolute Gasteiger partial charge is 0.340 e. The topological polar surface area (TPSA) is 20.3 Å². The Morgan fingerprint density at radius 2 is 2.00 bits per heavy atom. The van der Waals surface area contributed by atoms with Crippen molar-refractivity contribution in [2.24, 2.45) is 0 Å². The molecule has 0 heterocycles. The normalized spacial score (nSPS) is 13.3. The molecule has 1 amide bonds. The molecule has 70 valence electrons. The van der Waals surface area contributed by atoms with Crippen molar-refractivity contribution in [2.75, 3.05) is 13.1 Å². The molecule has 0 aliphatic carbocycles. The Balaban J connectivity index is 4.01. The minimum atomic E-state index is -0.0792. The third kappa shape index (κ3) is 4.39. The zero-order valence-electron chi connectivity index (χ0n) is 7.88. The predicted octanol–water partition coefficient (Wildman–Crippen LogP) is 2.04. The molecule has 0 N–H and O–H groups in total. The van der Waals surface area contributed by atoms with Crippen LogP contribution in [0.5, 0.6) is 0 Å². The third-order valence-corrected chi connectivity index (χ3v) is 1.72. The molecule has 0 aliphatic heterocycles. The summed E-state index contributed by atoms with van der Waals surface area (Å²) in [5, 5.41) is -0.0792. The molecule has 0 rings (SSSR count). The highest BCUT2D eigenvalue weighted by Gasteiger charge is 2.04. The summed E-state index contributed by atoms with van der Waals surface area (Å²) < 4.78 is 0. The maximum atomic E-state index is 11.3. The van der Waals surface area contributed by atoms with E-state index in [1.165, 1.54) is 6.08 Å². The van der Waals surface area contributed by atoms with Crippen LogP contribution in [0.1, 0.15) is 20.8 Å². The van der Waals surface area contributed by atoms with E-state index >= 15 is 0 Å². The Morgan fingerprint density at radius 1 is 1.50 bits per heavy atom. The fraction of sp³-hybridized carbons (Fsp3) is 0.667. The minimum Gasteiger partial charge on any atom is -0.340 e. The van der Waals surface area contributed by atoms with Crippen LogP contribution >= 0.6 is 11.6 Å². The zero-order chi connectivity index (χ0) is 9.56. The molecule has 0 fully saturated rings. The second-order valence-corrected chi connectivity index (χ2v) is 3.24. The van der Waals surface area contributed by atoms with E-state index in [1.54, 1.807) is 11.0 Å². The molecule has 1 atom stereocenters. The van der Waals surface area contributed by atoms with Gasteiger partial charge in [0.15, 0.2) is 0 Å². The van der Waals surface area contributed by atoms with Gasteiger partial charge in [0.1, 0.15) is 0 Å². The van der Waals surface area contributed by atoms with E-state index in [0.717, 1.165) is 13.1 Å². The Bertz CT molecular complexity index is 162. The second kappa shape index (κ2) is 6.06. The summed E-state index contributed by atoms with van der Waals surface area (Å²) >= 11 is 5.66. The number of rotatable bonds is 4. The maximum Gasteiger partial charge on any atom is 0.246 e. The molecule has 0 bridgehead atoms. The number of allylic oxidation sites excluding steroid dienone is 1. The minimum absolute atomic E-state index is 0.0347. The highest BCUT2D eigenvalue weighted by molar-refractivity contribution is 6.21.